The maximum atomic E-state index is 2.74. The van der Waals surface area contributed by atoms with Gasteiger partial charge in [-0.05, 0) is 0 Å². The number of hydrogen-bond donors (Lipinski definition) is 0. The molecule has 0 nitrogen and oxygen atoms in total. The van der Waals surface area contributed by atoms with Crippen molar-refractivity contribution in [1.29, 1.82) is 0 Å². The van der Waals surface area contributed by atoms with Crippen LogP contribution in [-0.4, -0.2) is 29.4 Å². The third-order valence-electron chi connectivity index (χ3n) is 5.98. The molecule has 0 aliphatic rings. The van der Waals surface area contributed by atoms with E-state index in [2.05, 4.69) is 89.3 Å². The van der Waals surface area contributed by atoms with Crippen LogP contribution < -0.4 is 5.19 Å². The maximum absolute atomic E-state index is 2.74. The summed E-state index contributed by atoms with van der Waals surface area (Å²) in [5.74, 6) is 0. The molecule has 0 bridgehead atoms. The Bertz CT molecular complexity index is 426. The van der Waals surface area contributed by atoms with Gasteiger partial charge in [0.1, 0.15) is 0 Å². The Morgan fingerprint density at radius 3 is 1.32 bits per heavy atom. The zero-order valence-electron chi connectivity index (χ0n) is 14.4. The van der Waals surface area contributed by atoms with Crippen molar-refractivity contribution in [2.45, 2.75) is 58.9 Å². The summed E-state index contributed by atoms with van der Waals surface area (Å²) in [6.07, 6.45) is 0. The molecule has 1 unspecified atom stereocenters. The summed E-state index contributed by atoms with van der Waals surface area (Å²) in [5.41, 5.74) is 0. The standard InChI is InChI=1S/C15H32Si4/c1-16(2,3)18(7,8)19(9,17(4,5)6)15-13-11-10-12-14-15/h10-14H,1-9H3. The molecule has 1 atom stereocenters. The molecule has 1 aromatic rings. The molecular formula is C15H32Si4. The second-order valence-corrected chi connectivity index (χ2v) is 49.2. The van der Waals surface area contributed by atoms with Crippen LogP contribution >= 0.6 is 0 Å². The van der Waals surface area contributed by atoms with Crippen LogP contribution in [-0.2, 0) is 0 Å². The smallest absolute Gasteiger partial charge is 0.0684 e. The number of benzene rings is 1. The summed E-state index contributed by atoms with van der Waals surface area (Å²) in [6, 6.07) is 11.6. The zero-order valence-corrected chi connectivity index (χ0v) is 18.4. The van der Waals surface area contributed by atoms with Crippen molar-refractivity contribution >= 4 is 34.6 Å². The van der Waals surface area contributed by atoms with Gasteiger partial charge in [-0.15, -0.1) is 0 Å². The summed E-state index contributed by atoms with van der Waals surface area (Å²) in [4.78, 5) is 0. The lowest BCUT2D eigenvalue weighted by molar-refractivity contribution is 1.69. The van der Waals surface area contributed by atoms with E-state index in [0.717, 1.165) is 0 Å². The van der Waals surface area contributed by atoms with Gasteiger partial charge in [-0.2, -0.15) is 0 Å². The number of hydrogen-bond acceptors (Lipinski definition) is 0. The van der Waals surface area contributed by atoms with Crippen LogP contribution in [0.1, 0.15) is 0 Å². The Labute approximate surface area is 124 Å². The van der Waals surface area contributed by atoms with E-state index in [9.17, 15) is 0 Å². The summed E-state index contributed by atoms with van der Waals surface area (Å²) in [7, 11) is -4.79. The average molecular weight is 325 g/mol. The van der Waals surface area contributed by atoms with E-state index in [-0.39, 0.29) is 0 Å². The topological polar surface area (TPSA) is 0 Å². The molecule has 1 rings (SSSR count). The average Bonchev–Trinajstić information content (AvgIpc) is 2.25. The van der Waals surface area contributed by atoms with Crippen molar-refractivity contribution in [3.05, 3.63) is 30.3 Å². The monoisotopic (exact) mass is 324 g/mol. The third-order valence-corrected chi connectivity index (χ3v) is 72.1. The highest BCUT2D eigenvalue weighted by atomic mass is 29.8. The zero-order chi connectivity index (χ0) is 15.1. The van der Waals surface area contributed by atoms with Crippen molar-refractivity contribution in [3.63, 3.8) is 0 Å². The van der Waals surface area contributed by atoms with Gasteiger partial charge in [0.2, 0.25) is 0 Å². The molecule has 0 saturated carbocycles. The maximum Gasteiger partial charge on any atom is 0.0684 e. The first-order valence-corrected chi connectivity index (χ1v) is 22.9. The van der Waals surface area contributed by atoms with E-state index < -0.39 is 29.4 Å². The first-order chi connectivity index (χ1) is 8.36. The minimum absolute atomic E-state index is 1.08. The van der Waals surface area contributed by atoms with Gasteiger partial charge in [0.05, 0.1) is 7.11 Å². The van der Waals surface area contributed by atoms with E-state index in [1.165, 1.54) is 0 Å². The van der Waals surface area contributed by atoms with E-state index in [0.29, 0.717) is 0 Å². The van der Waals surface area contributed by atoms with Crippen LogP contribution in [0, 0.1) is 0 Å². The molecule has 0 aliphatic heterocycles. The SMILES string of the molecule is C[Si](C)(C)[Si](C)(C)[Si](C)(c1ccccc1)[Si](C)(C)C. The lowest BCUT2D eigenvalue weighted by Gasteiger charge is -2.55. The lowest BCUT2D eigenvalue weighted by atomic mass is 10.4. The predicted octanol–water partition coefficient (Wildman–Crippen LogP) is 4.59. The van der Waals surface area contributed by atoms with Gasteiger partial charge in [0, 0.05) is 22.3 Å². The second kappa shape index (κ2) is 5.13. The molecule has 0 fully saturated rings. The molecule has 0 aromatic heterocycles. The molecule has 0 N–H and O–H groups in total. The summed E-state index contributed by atoms with van der Waals surface area (Å²) in [6.45, 7) is 23.9. The Balaban J connectivity index is 3.57. The van der Waals surface area contributed by atoms with Crippen LogP contribution in [0.25, 0.3) is 0 Å². The van der Waals surface area contributed by atoms with E-state index >= 15 is 0 Å². The van der Waals surface area contributed by atoms with Crippen molar-refractivity contribution in [1.82, 2.24) is 0 Å². The minimum atomic E-state index is -1.35. The Morgan fingerprint density at radius 1 is 0.579 bits per heavy atom. The highest BCUT2D eigenvalue weighted by Gasteiger charge is 2.58. The van der Waals surface area contributed by atoms with Gasteiger partial charge in [0.15, 0.2) is 0 Å². The van der Waals surface area contributed by atoms with Gasteiger partial charge in [-0.25, -0.2) is 0 Å². The molecule has 0 radical (unpaired) electrons. The van der Waals surface area contributed by atoms with Crippen molar-refractivity contribution in [3.8, 4) is 0 Å². The van der Waals surface area contributed by atoms with Crippen LogP contribution in [0.2, 0.25) is 58.9 Å². The Kier molecular flexibility index (Phi) is 4.63. The summed E-state index contributed by atoms with van der Waals surface area (Å²) >= 11 is 0. The minimum Gasteiger partial charge on any atom is -0.0730 e. The van der Waals surface area contributed by atoms with E-state index in [4.69, 9.17) is 0 Å². The fourth-order valence-corrected chi connectivity index (χ4v) is 76.9. The first-order valence-electron chi connectivity index (χ1n) is 7.41. The molecule has 0 heterocycles. The summed E-state index contributed by atoms with van der Waals surface area (Å²) in [5, 5.41) is 1.74. The molecule has 108 valence electrons. The highest BCUT2D eigenvalue weighted by Crippen LogP contribution is 2.34. The quantitative estimate of drug-likeness (QED) is 0.710. The van der Waals surface area contributed by atoms with Crippen LogP contribution in [0.4, 0.5) is 0 Å². The lowest BCUT2D eigenvalue weighted by Crippen LogP contribution is -2.83. The second-order valence-electron chi connectivity index (χ2n) is 8.62. The first kappa shape index (κ1) is 17.1. The van der Waals surface area contributed by atoms with Crippen LogP contribution in [0.15, 0.2) is 30.3 Å². The largest absolute Gasteiger partial charge is 0.0730 e. The molecule has 0 aliphatic carbocycles. The fraction of sp³-hybridized carbons (Fsp3) is 0.600. The van der Waals surface area contributed by atoms with E-state index in [1.807, 2.05) is 0 Å². The van der Waals surface area contributed by atoms with Gasteiger partial charge in [0.25, 0.3) is 0 Å². The van der Waals surface area contributed by atoms with Gasteiger partial charge in [-0.1, -0.05) is 94.4 Å². The van der Waals surface area contributed by atoms with Crippen LogP contribution in [0.3, 0.4) is 0 Å². The third kappa shape index (κ3) is 2.77. The van der Waals surface area contributed by atoms with Crippen molar-refractivity contribution < 1.29 is 0 Å². The Hall–Kier alpha value is 0.0875. The predicted molar refractivity (Wildman–Crippen MR) is 102 cm³/mol. The number of rotatable bonds is 4. The fourth-order valence-electron chi connectivity index (χ4n) is 3.25. The van der Waals surface area contributed by atoms with Crippen molar-refractivity contribution in [2.75, 3.05) is 0 Å². The van der Waals surface area contributed by atoms with Gasteiger partial charge >= 0.3 is 0 Å². The Morgan fingerprint density at radius 2 is 1.00 bits per heavy atom. The van der Waals surface area contributed by atoms with E-state index in [1.54, 1.807) is 5.19 Å². The molecule has 4 heteroatoms. The van der Waals surface area contributed by atoms with Gasteiger partial charge < -0.3 is 0 Å². The molecular weight excluding hydrogens is 293 g/mol. The highest BCUT2D eigenvalue weighted by molar-refractivity contribution is 7.85. The molecule has 19 heavy (non-hydrogen) atoms. The van der Waals surface area contributed by atoms with Gasteiger partial charge in [-0.3, -0.25) is 0 Å². The molecule has 1 aromatic carbocycles. The normalized spacial score (nSPS) is 17.1. The molecule has 0 spiro atoms. The molecule has 0 amide bonds. The van der Waals surface area contributed by atoms with Crippen LogP contribution in [0.5, 0.6) is 0 Å². The summed E-state index contributed by atoms with van der Waals surface area (Å²) < 4.78 is 0. The molecule has 0 saturated heterocycles. The van der Waals surface area contributed by atoms with Crippen molar-refractivity contribution in [2.24, 2.45) is 0 Å².